The lowest BCUT2D eigenvalue weighted by molar-refractivity contribution is -0.113. The third-order valence-electron chi connectivity index (χ3n) is 3.87. The number of aromatic nitrogens is 3. The van der Waals surface area contributed by atoms with Gasteiger partial charge in [-0.1, -0.05) is 42.1 Å². The fourth-order valence-electron chi connectivity index (χ4n) is 2.57. The minimum absolute atomic E-state index is 0.0796. The van der Waals surface area contributed by atoms with E-state index in [1.807, 2.05) is 30.3 Å². The number of carbonyl (C=O) groups excluding carboxylic acids is 1. The quantitative estimate of drug-likeness (QED) is 0.206. The Hall–Kier alpha value is -3.22. The van der Waals surface area contributed by atoms with E-state index in [0.29, 0.717) is 16.8 Å². The van der Waals surface area contributed by atoms with Gasteiger partial charge < -0.3 is 5.32 Å². The van der Waals surface area contributed by atoms with Crippen molar-refractivity contribution < 1.29 is 13.2 Å². The second kappa shape index (κ2) is 10.6. The Kier molecular flexibility index (Phi) is 7.84. The van der Waals surface area contributed by atoms with Gasteiger partial charge in [-0.15, -0.1) is 5.10 Å². The van der Waals surface area contributed by atoms with Gasteiger partial charge in [-0.3, -0.25) is 4.79 Å². The smallest absolute Gasteiger partial charge is 0.241 e. The van der Waals surface area contributed by atoms with E-state index < -0.39 is 15.6 Å². The Balaban J connectivity index is 1.47. The van der Waals surface area contributed by atoms with Crippen molar-refractivity contribution in [2.75, 3.05) is 16.5 Å². The number of amides is 1. The molecule has 3 rings (SSSR count). The molecule has 174 valence electrons. The monoisotopic (exact) mass is 487 g/mol. The van der Waals surface area contributed by atoms with Gasteiger partial charge in [0.1, 0.15) is 0 Å². The molecule has 12 heteroatoms. The first kappa shape index (κ1) is 24.4. The number of H-pyrrole nitrogens is 1. The fourth-order valence-corrected chi connectivity index (χ4v) is 4.59. The largest absolute Gasteiger partial charge is 0.325 e. The molecular formula is C21H25N7O3S2. The van der Waals surface area contributed by atoms with Crippen LogP contribution in [0, 0.1) is 0 Å². The van der Waals surface area contributed by atoms with Gasteiger partial charge in [0.15, 0.2) is 0 Å². The first-order valence-corrected chi connectivity index (χ1v) is 12.4. The molecule has 0 saturated carbocycles. The number of aromatic amines is 1. The standard InChI is InChI=1S/C21H25N7O3S2/c1-21(2,3)28-33(30,31)17-11-9-16(10-12-17)23-18(29)14-32-20-24-19(26-27-20)25-22-13-15-7-5-4-6-8-15/h4-13,28H,14H2,1-3H3,(H,23,29)(H2,24,25,26,27)/b22-13-. The predicted octanol–water partition coefficient (Wildman–Crippen LogP) is 3.06. The highest BCUT2D eigenvalue weighted by Gasteiger charge is 2.21. The molecule has 0 saturated heterocycles. The molecule has 0 unspecified atom stereocenters. The number of anilines is 2. The summed E-state index contributed by atoms with van der Waals surface area (Å²) in [6.45, 7) is 5.30. The van der Waals surface area contributed by atoms with Crippen LogP contribution in [0.5, 0.6) is 0 Å². The zero-order chi connectivity index (χ0) is 23.9. The van der Waals surface area contributed by atoms with Crippen molar-refractivity contribution in [3.05, 3.63) is 60.2 Å². The summed E-state index contributed by atoms with van der Waals surface area (Å²) < 4.78 is 27.3. The summed E-state index contributed by atoms with van der Waals surface area (Å²) in [6.07, 6.45) is 1.65. The van der Waals surface area contributed by atoms with Gasteiger partial charge in [-0.05, 0) is 50.6 Å². The van der Waals surface area contributed by atoms with E-state index in [2.05, 4.69) is 35.7 Å². The van der Waals surface area contributed by atoms with Crippen LogP contribution >= 0.6 is 11.8 Å². The highest BCUT2D eigenvalue weighted by Crippen LogP contribution is 2.18. The number of nitrogens with one attached hydrogen (secondary N) is 4. The summed E-state index contributed by atoms with van der Waals surface area (Å²) in [4.78, 5) is 16.6. The van der Waals surface area contributed by atoms with E-state index in [1.54, 1.807) is 39.1 Å². The minimum atomic E-state index is -3.63. The van der Waals surface area contributed by atoms with E-state index in [-0.39, 0.29) is 16.6 Å². The Morgan fingerprint density at radius 3 is 2.48 bits per heavy atom. The lowest BCUT2D eigenvalue weighted by Crippen LogP contribution is -2.40. The number of hydrogen-bond donors (Lipinski definition) is 4. The third-order valence-corrected chi connectivity index (χ3v) is 6.49. The molecule has 1 aromatic heterocycles. The zero-order valence-electron chi connectivity index (χ0n) is 18.4. The second-order valence-corrected chi connectivity index (χ2v) is 10.6. The Bertz CT molecular complexity index is 1200. The summed E-state index contributed by atoms with van der Waals surface area (Å²) >= 11 is 1.15. The second-order valence-electron chi connectivity index (χ2n) is 7.96. The molecule has 4 N–H and O–H groups in total. The molecule has 0 fully saturated rings. The van der Waals surface area contributed by atoms with Crippen molar-refractivity contribution in [3.8, 4) is 0 Å². The molecular weight excluding hydrogens is 462 g/mol. The van der Waals surface area contributed by atoms with E-state index in [4.69, 9.17) is 0 Å². The number of hydrogen-bond acceptors (Lipinski definition) is 8. The molecule has 0 aliphatic heterocycles. The summed E-state index contributed by atoms with van der Waals surface area (Å²) in [6, 6.07) is 15.6. The van der Waals surface area contributed by atoms with Crippen molar-refractivity contribution in [2.24, 2.45) is 5.10 Å². The molecule has 1 amide bonds. The first-order valence-electron chi connectivity index (χ1n) is 9.94. The van der Waals surface area contributed by atoms with Gasteiger partial charge in [0.2, 0.25) is 27.0 Å². The number of rotatable bonds is 9. The predicted molar refractivity (Wildman–Crippen MR) is 130 cm³/mol. The molecule has 0 atom stereocenters. The van der Waals surface area contributed by atoms with E-state index in [1.165, 1.54) is 12.1 Å². The molecule has 10 nitrogen and oxygen atoms in total. The normalized spacial score (nSPS) is 12.1. The van der Waals surface area contributed by atoms with Crippen LogP contribution < -0.4 is 15.5 Å². The van der Waals surface area contributed by atoms with Crippen molar-refractivity contribution in [1.29, 1.82) is 0 Å². The van der Waals surface area contributed by atoms with Crippen LogP contribution in [0.2, 0.25) is 0 Å². The Morgan fingerprint density at radius 1 is 1.12 bits per heavy atom. The van der Waals surface area contributed by atoms with Gasteiger partial charge in [0.25, 0.3) is 0 Å². The molecule has 0 radical (unpaired) electrons. The van der Waals surface area contributed by atoms with Crippen LogP contribution in [-0.2, 0) is 14.8 Å². The Labute approximate surface area is 196 Å². The SMILES string of the molecule is CC(C)(C)NS(=O)(=O)c1ccc(NC(=O)CSc2n[nH]c(N/N=C\c3ccccc3)n2)cc1. The fraction of sp³-hybridized carbons (Fsp3) is 0.238. The molecule has 0 aliphatic carbocycles. The van der Waals surface area contributed by atoms with Gasteiger partial charge in [0.05, 0.1) is 16.9 Å². The Morgan fingerprint density at radius 2 is 1.82 bits per heavy atom. The maximum atomic E-state index is 12.3. The van der Waals surface area contributed by atoms with Gasteiger partial charge in [0, 0.05) is 11.2 Å². The molecule has 0 spiro atoms. The van der Waals surface area contributed by atoms with Crippen molar-refractivity contribution in [3.63, 3.8) is 0 Å². The average molecular weight is 488 g/mol. The number of thioether (sulfide) groups is 1. The average Bonchev–Trinajstić information content (AvgIpc) is 3.19. The highest BCUT2D eigenvalue weighted by atomic mass is 32.2. The topological polar surface area (TPSA) is 141 Å². The molecule has 0 aliphatic rings. The van der Waals surface area contributed by atoms with Crippen LogP contribution in [0.3, 0.4) is 0 Å². The minimum Gasteiger partial charge on any atom is -0.325 e. The molecule has 3 aromatic rings. The van der Waals surface area contributed by atoms with Gasteiger partial charge in [-0.2, -0.15) is 10.1 Å². The number of benzene rings is 2. The summed E-state index contributed by atoms with van der Waals surface area (Å²) in [5.74, 6) is 0.159. The zero-order valence-corrected chi connectivity index (χ0v) is 20.0. The van der Waals surface area contributed by atoms with E-state index in [9.17, 15) is 13.2 Å². The van der Waals surface area contributed by atoms with Crippen LogP contribution in [0.1, 0.15) is 26.3 Å². The molecule has 2 aromatic carbocycles. The van der Waals surface area contributed by atoms with Crippen LogP contribution in [0.25, 0.3) is 0 Å². The summed E-state index contributed by atoms with van der Waals surface area (Å²) in [5, 5.41) is 13.9. The van der Waals surface area contributed by atoms with E-state index >= 15 is 0 Å². The maximum absolute atomic E-state index is 12.3. The van der Waals surface area contributed by atoms with Gasteiger partial charge >= 0.3 is 0 Å². The summed E-state index contributed by atoms with van der Waals surface area (Å²) in [5.41, 5.74) is 3.58. The lowest BCUT2D eigenvalue weighted by atomic mass is 10.1. The maximum Gasteiger partial charge on any atom is 0.241 e. The van der Waals surface area contributed by atoms with Crippen molar-refractivity contribution in [2.45, 2.75) is 36.4 Å². The molecule has 1 heterocycles. The molecule has 0 bridgehead atoms. The number of sulfonamides is 1. The number of nitrogens with zero attached hydrogens (tertiary/aromatic N) is 3. The van der Waals surface area contributed by atoms with E-state index in [0.717, 1.165) is 17.3 Å². The molecule has 33 heavy (non-hydrogen) atoms. The number of hydrazone groups is 1. The van der Waals surface area contributed by atoms with Crippen LogP contribution in [-0.4, -0.2) is 47.0 Å². The highest BCUT2D eigenvalue weighted by molar-refractivity contribution is 7.99. The third kappa shape index (κ3) is 8.00. The number of carbonyl (C=O) groups is 1. The summed E-state index contributed by atoms with van der Waals surface area (Å²) in [7, 11) is -3.63. The lowest BCUT2D eigenvalue weighted by Gasteiger charge is -2.20. The first-order chi connectivity index (χ1) is 15.6. The van der Waals surface area contributed by atoms with Crippen molar-refractivity contribution in [1.82, 2.24) is 19.9 Å². The van der Waals surface area contributed by atoms with Crippen LogP contribution in [0.4, 0.5) is 11.6 Å². The van der Waals surface area contributed by atoms with Crippen molar-refractivity contribution >= 4 is 45.5 Å². The van der Waals surface area contributed by atoms with Crippen LogP contribution in [0.15, 0.2) is 69.8 Å². The van der Waals surface area contributed by atoms with Gasteiger partial charge in [-0.25, -0.2) is 23.7 Å².